The van der Waals surface area contributed by atoms with Gasteiger partial charge in [-0.15, -0.1) is 0 Å². The van der Waals surface area contributed by atoms with Crippen molar-refractivity contribution in [2.45, 2.75) is 47.6 Å². The molecular formula is C13H27N. The van der Waals surface area contributed by atoms with E-state index < -0.39 is 0 Å². The second-order valence-electron chi connectivity index (χ2n) is 5.82. The average Bonchev–Trinajstić information content (AvgIpc) is 2.01. The van der Waals surface area contributed by atoms with Crippen LogP contribution in [0.25, 0.3) is 0 Å². The molecule has 0 bridgehead atoms. The number of hydrogen-bond donors (Lipinski definition) is 0. The summed E-state index contributed by atoms with van der Waals surface area (Å²) in [4.78, 5) is 2.63. The number of piperidine rings is 1. The highest BCUT2D eigenvalue weighted by Gasteiger charge is 2.34. The van der Waals surface area contributed by atoms with Crippen LogP contribution in [0.4, 0.5) is 0 Å². The fourth-order valence-corrected chi connectivity index (χ4v) is 3.35. The fourth-order valence-electron chi connectivity index (χ4n) is 3.35. The van der Waals surface area contributed by atoms with Crippen LogP contribution in [0.5, 0.6) is 0 Å². The second kappa shape index (κ2) is 4.65. The van der Waals surface area contributed by atoms with Crippen molar-refractivity contribution < 1.29 is 0 Å². The van der Waals surface area contributed by atoms with E-state index in [9.17, 15) is 0 Å². The molecule has 1 aliphatic rings. The van der Waals surface area contributed by atoms with Crippen LogP contribution in [0.3, 0.4) is 0 Å². The number of likely N-dealkylation sites (tertiary alicyclic amines) is 1. The van der Waals surface area contributed by atoms with E-state index in [1.54, 1.807) is 0 Å². The Bertz CT molecular complexity index is 162. The van der Waals surface area contributed by atoms with Crippen molar-refractivity contribution in [2.24, 2.45) is 23.7 Å². The third kappa shape index (κ3) is 2.50. The first-order valence-corrected chi connectivity index (χ1v) is 6.17. The van der Waals surface area contributed by atoms with Crippen LogP contribution < -0.4 is 0 Å². The smallest absolute Gasteiger partial charge is 0.00388 e. The standard InChI is InChI=1S/C13H27N/c1-9(2)13-11(5)7-14(10(3)4)8-12(13)6/h9-13H,7-8H2,1-6H3. The van der Waals surface area contributed by atoms with E-state index >= 15 is 0 Å². The number of hydrogen-bond acceptors (Lipinski definition) is 1. The molecule has 84 valence electrons. The summed E-state index contributed by atoms with van der Waals surface area (Å²) in [6.45, 7) is 16.8. The first kappa shape index (κ1) is 12.0. The quantitative estimate of drug-likeness (QED) is 0.657. The SMILES string of the molecule is CC(C)C1C(C)CN(C(C)C)CC1C. The largest absolute Gasteiger partial charge is 0.300 e. The van der Waals surface area contributed by atoms with Crippen LogP contribution in [-0.2, 0) is 0 Å². The van der Waals surface area contributed by atoms with Crippen LogP contribution in [-0.4, -0.2) is 24.0 Å². The van der Waals surface area contributed by atoms with E-state index in [-0.39, 0.29) is 0 Å². The van der Waals surface area contributed by atoms with Crippen molar-refractivity contribution in [3.8, 4) is 0 Å². The molecule has 2 atom stereocenters. The molecule has 1 saturated heterocycles. The monoisotopic (exact) mass is 197 g/mol. The highest BCUT2D eigenvalue weighted by Crippen LogP contribution is 2.34. The predicted octanol–water partition coefficient (Wildman–Crippen LogP) is 3.25. The Morgan fingerprint density at radius 3 is 1.64 bits per heavy atom. The lowest BCUT2D eigenvalue weighted by molar-refractivity contribution is 0.0341. The third-order valence-corrected chi connectivity index (χ3v) is 3.86. The average molecular weight is 197 g/mol. The molecule has 1 fully saturated rings. The first-order chi connectivity index (χ1) is 6.43. The van der Waals surface area contributed by atoms with Gasteiger partial charge in [-0.05, 0) is 37.5 Å². The van der Waals surface area contributed by atoms with E-state index in [1.165, 1.54) is 13.1 Å². The van der Waals surface area contributed by atoms with E-state index in [0.717, 1.165) is 23.7 Å². The maximum absolute atomic E-state index is 2.63. The van der Waals surface area contributed by atoms with Gasteiger partial charge >= 0.3 is 0 Å². The van der Waals surface area contributed by atoms with Gasteiger partial charge in [0.1, 0.15) is 0 Å². The highest BCUT2D eigenvalue weighted by molar-refractivity contribution is 4.85. The van der Waals surface area contributed by atoms with Gasteiger partial charge in [-0.1, -0.05) is 27.7 Å². The molecule has 0 radical (unpaired) electrons. The summed E-state index contributed by atoms with van der Waals surface area (Å²) in [6.07, 6.45) is 0. The highest BCUT2D eigenvalue weighted by atomic mass is 15.2. The lowest BCUT2D eigenvalue weighted by Gasteiger charge is -2.45. The molecule has 1 heteroatoms. The van der Waals surface area contributed by atoms with Crippen LogP contribution in [0.15, 0.2) is 0 Å². The van der Waals surface area contributed by atoms with Gasteiger partial charge in [-0.25, -0.2) is 0 Å². The Labute approximate surface area is 89.9 Å². The molecule has 0 amide bonds. The number of rotatable bonds is 2. The molecule has 0 N–H and O–H groups in total. The Morgan fingerprint density at radius 1 is 0.929 bits per heavy atom. The van der Waals surface area contributed by atoms with Gasteiger partial charge in [0.2, 0.25) is 0 Å². The molecule has 0 saturated carbocycles. The maximum atomic E-state index is 2.63. The summed E-state index contributed by atoms with van der Waals surface area (Å²) >= 11 is 0. The predicted molar refractivity (Wildman–Crippen MR) is 63.4 cm³/mol. The molecule has 1 heterocycles. The minimum Gasteiger partial charge on any atom is -0.300 e. The molecule has 0 aliphatic carbocycles. The third-order valence-electron chi connectivity index (χ3n) is 3.86. The summed E-state index contributed by atoms with van der Waals surface area (Å²) in [7, 11) is 0. The lowest BCUT2D eigenvalue weighted by atomic mass is 9.73. The van der Waals surface area contributed by atoms with Crippen LogP contribution in [0.2, 0.25) is 0 Å². The van der Waals surface area contributed by atoms with E-state index in [1.807, 2.05) is 0 Å². The van der Waals surface area contributed by atoms with Crippen molar-refractivity contribution in [1.82, 2.24) is 4.90 Å². The van der Waals surface area contributed by atoms with E-state index in [0.29, 0.717) is 6.04 Å². The zero-order valence-electron chi connectivity index (χ0n) is 10.7. The van der Waals surface area contributed by atoms with E-state index in [2.05, 4.69) is 46.4 Å². The molecule has 14 heavy (non-hydrogen) atoms. The van der Waals surface area contributed by atoms with Gasteiger partial charge in [0.25, 0.3) is 0 Å². The summed E-state index contributed by atoms with van der Waals surface area (Å²) in [5, 5.41) is 0. The Morgan fingerprint density at radius 2 is 1.36 bits per heavy atom. The van der Waals surface area contributed by atoms with Gasteiger partial charge in [0.05, 0.1) is 0 Å². The molecule has 0 aromatic carbocycles. The van der Waals surface area contributed by atoms with Gasteiger partial charge in [0.15, 0.2) is 0 Å². The number of nitrogens with zero attached hydrogens (tertiary/aromatic N) is 1. The molecule has 0 spiro atoms. The van der Waals surface area contributed by atoms with Gasteiger partial charge in [-0.3, -0.25) is 0 Å². The topological polar surface area (TPSA) is 3.24 Å². The summed E-state index contributed by atoms with van der Waals surface area (Å²) in [5.74, 6) is 3.49. The zero-order valence-corrected chi connectivity index (χ0v) is 10.7. The summed E-state index contributed by atoms with van der Waals surface area (Å²) in [5.41, 5.74) is 0. The van der Waals surface area contributed by atoms with Crippen LogP contribution >= 0.6 is 0 Å². The van der Waals surface area contributed by atoms with Crippen LogP contribution in [0, 0.1) is 23.7 Å². The van der Waals surface area contributed by atoms with Gasteiger partial charge in [-0.2, -0.15) is 0 Å². The van der Waals surface area contributed by atoms with Crippen molar-refractivity contribution in [1.29, 1.82) is 0 Å². The molecular weight excluding hydrogens is 170 g/mol. The summed E-state index contributed by atoms with van der Waals surface area (Å²) in [6, 6.07) is 0.716. The molecule has 1 rings (SSSR count). The molecule has 1 nitrogen and oxygen atoms in total. The molecule has 2 unspecified atom stereocenters. The van der Waals surface area contributed by atoms with Gasteiger partial charge in [0, 0.05) is 19.1 Å². The fraction of sp³-hybridized carbons (Fsp3) is 1.00. The van der Waals surface area contributed by atoms with Crippen molar-refractivity contribution >= 4 is 0 Å². The van der Waals surface area contributed by atoms with Crippen molar-refractivity contribution in [3.63, 3.8) is 0 Å². The Hall–Kier alpha value is -0.0400. The Kier molecular flexibility index (Phi) is 4.00. The minimum absolute atomic E-state index is 0.716. The minimum atomic E-state index is 0.716. The van der Waals surface area contributed by atoms with Crippen molar-refractivity contribution in [3.05, 3.63) is 0 Å². The zero-order chi connectivity index (χ0) is 10.9. The molecule has 0 aromatic rings. The normalized spacial score (nSPS) is 35.6. The van der Waals surface area contributed by atoms with Crippen molar-refractivity contribution in [2.75, 3.05) is 13.1 Å². The maximum Gasteiger partial charge on any atom is 0.00388 e. The second-order valence-corrected chi connectivity index (χ2v) is 5.82. The first-order valence-electron chi connectivity index (χ1n) is 6.17. The Balaban J connectivity index is 2.63. The van der Waals surface area contributed by atoms with E-state index in [4.69, 9.17) is 0 Å². The molecule has 0 aromatic heterocycles. The summed E-state index contributed by atoms with van der Waals surface area (Å²) < 4.78 is 0. The molecule has 1 aliphatic heterocycles. The lowest BCUT2D eigenvalue weighted by Crippen LogP contribution is -2.48. The van der Waals surface area contributed by atoms with Gasteiger partial charge < -0.3 is 4.90 Å². The van der Waals surface area contributed by atoms with Crippen LogP contribution in [0.1, 0.15) is 41.5 Å².